The zero-order valence-electron chi connectivity index (χ0n) is 12.8. The van der Waals surface area contributed by atoms with E-state index in [9.17, 15) is 0 Å². The molecule has 2 fully saturated rings. The maximum atomic E-state index is 2.48. The fourth-order valence-corrected chi connectivity index (χ4v) is 3.99. The van der Waals surface area contributed by atoms with Gasteiger partial charge in [-0.05, 0) is 38.5 Å². The van der Waals surface area contributed by atoms with E-state index in [0.717, 1.165) is 0 Å². The lowest BCUT2D eigenvalue weighted by molar-refractivity contribution is -0.914. The van der Waals surface area contributed by atoms with E-state index in [1.54, 1.807) is 0 Å². The summed E-state index contributed by atoms with van der Waals surface area (Å²) >= 11 is 0. The lowest BCUT2D eigenvalue weighted by atomic mass is 10.1. The van der Waals surface area contributed by atoms with E-state index in [4.69, 9.17) is 0 Å². The second kappa shape index (κ2) is 6.38. The molecule has 0 bridgehead atoms. The minimum atomic E-state index is 1.37. The van der Waals surface area contributed by atoms with Crippen molar-refractivity contribution in [2.75, 3.05) is 53.4 Å². The van der Waals surface area contributed by atoms with Gasteiger partial charge in [0.1, 0.15) is 0 Å². The average molecular weight is 254 g/mol. The Labute approximate surface area is 114 Å². The van der Waals surface area contributed by atoms with Crippen molar-refractivity contribution >= 4 is 0 Å². The van der Waals surface area contributed by atoms with Crippen LogP contribution in [0.4, 0.5) is 0 Å². The van der Waals surface area contributed by atoms with Crippen molar-refractivity contribution in [3.8, 4) is 0 Å². The van der Waals surface area contributed by atoms with Crippen LogP contribution in [0.15, 0.2) is 0 Å². The van der Waals surface area contributed by atoms with Crippen LogP contribution in [0.1, 0.15) is 51.4 Å². The third kappa shape index (κ3) is 4.24. The van der Waals surface area contributed by atoms with E-state index in [0.29, 0.717) is 0 Å². The molecule has 2 rings (SSSR count). The summed E-state index contributed by atoms with van der Waals surface area (Å²) in [6.45, 7) is 8.62. The maximum absolute atomic E-state index is 2.48. The van der Waals surface area contributed by atoms with Gasteiger partial charge in [-0.1, -0.05) is 0 Å². The highest BCUT2D eigenvalue weighted by Crippen LogP contribution is 2.19. The van der Waals surface area contributed by atoms with Gasteiger partial charge in [-0.3, -0.25) is 0 Å². The number of rotatable bonds is 6. The summed E-state index contributed by atoms with van der Waals surface area (Å²) in [6.07, 6.45) is 11.7. The molecule has 0 N–H and O–H groups in total. The van der Waals surface area contributed by atoms with Crippen LogP contribution in [-0.2, 0) is 0 Å². The smallest absolute Gasteiger partial charge is 0.0786 e. The van der Waals surface area contributed by atoms with Crippen molar-refractivity contribution in [3.63, 3.8) is 0 Å². The van der Waals surface area contributed by atoms with E-state index < -0.39 is 0 Å². The van der Waals surface area contributed by atoms with E-state index in [1.807, 2.05) is 0 Å². The molecule has 18 heavy (non-hydrogen) atoms. The summed E-state index contributed by atoms with van der Waals surface area (Å²) in [7, 11) is 4.94. The Morgan fingerprint density at radius 2 is 0.944 bits per heavy atom. The molecule has 2 nitrogen and oxygen atoms in total. The van der Waals surface area contributed by atoms with E-state index >= 15 is 0 Å². The average Bonchev–Trinajstić information content (AvgIpc) is 2.77. The number of hydrogen-bond donors (Lipinski definition) is 0. The van der Waals surface area contributed by atoms with Crippen molar-refractivity contribution in [1.82, 2.24) is 0 Å². The molecule has 2 saturated heterocycles. The summed E-state index contributed by atoms with van der Waals surface area (Å²) in [6, 6.07) is 0. The first kappa shape index (κ1) is 14.3. The third-order valence-corrected chi connectivity index (χ3v) is 5.44. The number of nitrogens with zero attached hydrogens (tertiary/aromatic N) is 2. The van der Waals surface area contributed by atoms with Gasteiger partial charge in [-0.25, -0.2) is 0 Å². The first-order valence-corrected chi connectivity index (χ1v) is 8.29. The minimum Gasteiger partial charge on any atom is -0.326 e. The van der Waals surface area contributed by atoms with Gasteiger partial charge in [0.2, 0.25) is 0 Å². The van der Waals surface area contributed by atoms with Gasteiger partial charge in [-0.2, -0.15) is 0 Å². The molecule has 0 aromatic heterocycles. The second-order valence-corrected chi connectivity index (χ2v) is 7.41. The van der Waals surface area contributed by atoms with E-state index in [2.05, 4.69) is 14.1 Å². The first-order valence-electron chi connectivity index (χ1n) is 8.29. The van der Waals surface area contributed by atoms with E-state index in [-0.39, 0.29) is 0 Å². The van der Waals surface area contributed by atoms with Crippen LogP contribution in [0.25, 0.3) is 0 Å². The molecule has 2 aliphatic heterocycles. The topological polar surface area (TPSA) is 0 Å². The molecule has 0 saturated carbocycles. The Morgan fingerprint density at radius 1 is 0.556 bits per heavy atom. The largest absolute Gasteiger partial charge is 0.326 e. The maximum Gasteiger partial charge on any atom is 0.0786 e. The molecule has 0 spiro atoms. The van der Waals surface area contributed by atoms with Crippen LogP contribution in [0.2, 0.25) is 0 Å². The number of piperidine rings is 1. The van der Waals surface area contributed by atoms with Crippen LogP contribution in [0, 0.1) is 0 Å². The Morgan fingerprint density at radius 3 is 1.39 bits per heavy atom. The summed E-state index contributed by atoms with van der Waals surface area (Å²) in [5, 5.41) is 0. The van der Waals surface area contributed by atoms with Crippen molar-refractivity contribution < 1.29 is 8.97 Å². The van der Waals surface area contributed by atoms with Crippen LogP contribution in [0.3, 0.4) is 0 Å². The highest BCUT2D eigenvalue weighted by molar-refractivity contribution is 4.54. The van der Waals surface area contributed by atoms with Gasteiger partial charge in [0.05, 0.1) is 53.4 Å². The molecule has 0 amide bonds. The quantitative estimate of drug-likeness (QED) is 0.505. The van der Waals surface area contributed by atoms with Crippen molar-refractivity contribution in [2.45, 2.75) is 51.4 Å². The molecule has 0 aromatic rings. The van der Waals surface area contributed by atoms with Crippen molar-refractivity contribution in [1.29, 1.82) is 0 Å². The predicted molar refractivity (Wildman–Crippen MR) is 78.5 cm³/mol. The van der Waals surface area contributed by atoms with Crippen molar-refractivity contribution in [2.24, 2.45) is 0 Å². The van der Waals surface area contributed by atoms with Gasteiger partial charge in [0, 0.05) is 12.8 Å². The van der Waals surface area contributed by atoms with Gasteiger partial charge in [0.15, 0.2) is 0 Å². The lowest BCUT2D eigenvalue weighted by Gasteiger charge is -2.38. The molecule has 0 aromatic carbocycles. The lowest BCUT2D eigenvalue weighted by Crippen LogP contribution is -2.48. The third-order valence-electron chi connectivity index (χ3n) is 5.44. The molecule has 2 heteroatoms. The van der Waals surface area contributed by atoms with Gasteiger partial charge >= 0.3 is 0 Å². The summed E-state index contributed by atoms with van der Waals surface area (Å²) in [4.78, 5) is 0. The molecule has 0 radical (unpaired) electrons. The molecule has 0 unspecified atom stereocenters. The Kier molecular flexibility index (Phi) is 5.08. The number of hydrogen-bond acceptors (Lipinski definition) is 0. The molecular formula is C16H34N2+2. The predicted octanol–water partition coefficient (Wildman–Crippen LogP) is 3.03. The summed E-state index contributed by atoms with van der Waals surface area (Å²) in [5.74, 6) is 0. The van der Waals surface area contributed by atoms with Gasteiger partial charge in [-0.15, -0.1) is 0 Å². The highest BCUT2D eigenvalue weighted by atomic mass is 15.3. The van der Waals surface area contributed by atoms with Crippen LogP contribution >= 0.6 is 0 Å². The normalized spacial score (nSPS) is 26.3. The monoisotopic (exact) mass is 254 g/mol. The summed E-state index contributed by atoms with van der Waals surface area (Å²) < 4.78 is 2.73. The number of likely N-dealkylation sites (tertiary alicyclic amines) is 2. The fourth-order valence-electron chi connectivity index (χ4n) is 3.99. The molecule has 106 valence electrons. The van der Waals surface area contributed by atoms with E-state index in [1.165, 1.54) is 99.6 Å². The molecule has 2 heterocycles. The zero-order valence-corrected chi connectivity index (χ0v) is 12.8. The molecule has 0 aliphatic carbocycles. The Balaban J connectivity index is 1.55. The molecular weight excluding hydrogens is 220 g/mol. The first-order chi connectivity index (χ1) is 8.62. The number of quaternary nitrogens is 2. The van der Waals surface area contributed by atoms with Crippen LogP contribution in [-0.4, -0.2) is 62.3 Å². The van der Waals surface area contributed by atoms with Crippen LogP contribution < -0.4 is 0 Å². The molecule has 2 aliphatic rings. The highest BCUT2D eigenvalue weighted by Gasteiger charge is 2.26. The standard InChI is InChI=1S/C16H34N2/c1-17(11-5-3-6-12-17)13-7-4-8-14-18(2)15-9-10-16-18/h3-16H2,1-2H3/q+2. The van der Waals surface area contributed by atoms with Crippen molar-refractivity contribution in [3.05, 3.63) is 0 Å². The second-order valence-electron chi connectivity index (χ2n) is 7.41. The Bertz CT molecular complexity index is 237. The minimum absolute atomic E-state index is 1.37. The van der Waals surface area contributed by atoms with Gasteiger partial charge < -0.3 is 8.97 Å². The molecule has 0 atom stereocenters. The SMILES string of the molecule is C[N+]1(CCCCC[N+]2(C)CCCC2)CCCCC1. The zero-order chi connectivity index (χ0) is 12.9. The fraction of sp³-hybridized carbons (Fsp3) is 1.00. The van der Waals surface area contributed by atoms with Crippen LogP contribution in [0.5, 0.6) is 0 Å². The Hall–Kier alpha value is -0.0800. The van der Waals surface area contributed by atoms with Gasteiger partial charge in [0.25, 0.3) is 0 Å². The summed E-state index contributed by atoms with van der Waals surface area (Å²) in [5.41, 5.74) is 0. The number of unbranched alkanes of at least 4 members (excludes halogenated alkanes) is 2.